The van der Waals surface area contributed by atoms with E-state index in [0.29, 0.717) is 24.3 Å². The van der Waals surface area contributed by atoms with Gasteiger partial charge in [0.25, 0.3) is 5.91 Å². The van der Waals surface area contributed by atoms with Crippen LogP contribution in [0.4, 0.5) is 27.6 Å². The van der Waals surface area contributed by atoms with Crippen LogP contribution in [0.3, 0.4) is 0 Å². The number of carbonyl (C=O) groups excluding carboxylic acids is 1. The largest absolute Gasteiger partial charge is 0.489 e. The standard InChI is InChI=1S/C27H19F5N2O2/c1-3-7-18-12-17(10-11-20(18)36-14-16-8-5-4-6-9-16)13-19-15(2)33-34(27(19)35)26-24(31)22(29)21(28)23(30)25(26)32/h3-6,8-13H,1,7,14H2,2H3/b19-13+. The molecule has 0 spiro atoms. The Morgan fingerprint density at radius 1 is 0.944 bits per heavy atom. The molecule has 0 aromatic heterocycles. The highest BCUT2D eigenvalue weighted by atomic mass is 19.2. The lowest BCUT2D eigenvalue weighted by Crippen LogP contribution is -2.25. The van der Waals surface area contributed by atoms with Gasteiger partial charge in [-0.3, -0.25) is 4.79 Å². The maximum absolute atomic E-state index is 14.3. The van der Waals surface area contributed by atoms with Crippen LogP contribution in [0.5, 0.6) is 5.75 Å². The Hall–Kier alpha value is -4.27. The van der Waals surface area contributed by atoms with Gasteiger partial charge in [0.15, 0.2) is 23.3 Å². The molecule has 0 radical (unpaired) electrons. The SMILES string of the molecule is C=CCc1cc(/C=C2/C(=O)N(c3c(F)c(F)c(F)c(F)c3F)N=C2C)ccc1OCc1ccccc1. The molecule has 1 aliphatic heterocycles. The number of benzene rings is 3. The monoisotopic (exact) mass is 498 g/mol. The van der Waals surface area contributed by atoms with Gasteiger partial charge in [-0.25, -0.2) is 22.0 Å². The summed E-state index contributed by atoms with van der Waals surface area (Å²) in [6.45, 7) is 5.47. The first-order valence-corrected chi connectivity index (χ1v) is 10.8. The molecule has 3 aromatic rings. The molecule has 1 aliphatic rings. The number of halogens is 5. The molecule has 1 amide bonds. The first-order valence-electron chi connectivity index (χ1n) is 10.8. The number of ether oxygens (including phenoxy) is 1. The van der Waals surface area contributed by atoms with E-state index in [4.69, 9.17) is 4.74 Å². The van der Waals surface area contributed by atoms with Crippen molar-refractivity contribution in [1.82, 2.24) is 0 Å². The number of carbonyl (C=O) groups is 1. The average Bonchev–Trinajstić information content (AvgIpc) is 3.15. The maximum atomic E-state index is 14.3. The third-order valence-corrected chi connectivity index (χ3v) is 5.46. The molecular weight excluding hydrogens is 479 g/mol. The molecule has 0 aliphatic carbocycles. The summed E-state index contributed by atoms with van der Waals surface area (Å²) in [6, 6.07) is 14.7. The number of hydrazone groups is 1. The van der Waals surface area contributed by atoms with Gasteiger partial charge in [-0.15, -0.1) is 6.58 Å². The van der Waals surface area contributed by atoms with Crippen molar-refractivity contribution in [1.29, 1.82) is 0 Å². The molecule has 0 saturated carbocycles. The maximum Gasteiger partial charge on any atom is 0.280 e. The highest BCUT2D eigenvalue weighted by Crippen LogP contribution is 2.34. The van der Waals surface area contributed by atoms with Gasteiger partial charge in [0, 0.05) is 0 Å². The lowest BCUT2D eigenvalue weighted by Gasteiger charge is -2.15. The molecular formula is C27H19F5N2O2. The molecule has 36 heavy (non-hydrogen) atoms. The molecule has 0 N–H and O–H groups in total. The van der Waals surface area contributed by atoms with Gasteiger partial charge < -0.3 is 4.74 Å². The van der Waals surface area contributed by atoms with Gasteiger partial charge in [-0.05, 0) is 48.2 Å². The molecule has 4 rings (SSSR count). The van der Waals surface area contributed by atoms with Crippen LogP contribution in [-0.4, -0.2) is 11.6 Å². The van der Waals surface area contributed by atoms with Crippen LogP contribution >= 0.6 is 0 Å². The first-order chi connectivity index (χ1) is 17.2. The number of hydrogen-bond donors (Lipinski definition) is 0. The lowest BCUT2D eigenvalue weighted by molar-refractivity contribution is -0.114. The summed E-state index contributed by atoms with van der Waals surface area (Å²) >= 11 is 0. The Morgan fingerprint density at radius 2 is 1.58 bits per heavy atom. The number of nitrogens with zero attached hydrogens (tertiary/aromatic N) is 2. The van der Waals surface area contributed by atoms with E-state index in [1.165, 1.54) is 13.0 Å². The number of amides is 1. The van der Waals surface area contributed by atoms with Crippen molar-refractivity contribution in [2.24, 2.45) is 5.10 Å². The summed E-state index contributed by atoms with van der Waals surface area (Å²) in [5.41, 5.74) is 0.823. The van der Waals surface area contributed by atoms with Crippen molar-refractivity contribution in [2.75, 3.05) is 5.01 Å². The number of allylic oxidation sites excluding steroid dienone is 1. The fraction of sp³-hybridized carbons (Fsp3) is 0.111. The van der Waals surface area contributed by atoms with Gasteiger partial charge in [-0.2, -0.15) is 10.1 Å². The topological polar surface area (TPSA) is 41.9 Å². The Bertz CT molecular complexity index is 1390. The smallest absolute Gasteiger partial charge is 0.280 e. The second kappa shape index (κ2) is 10.2. The Morgan fingerprint density at radius 3 is 2.22 bits per heavy atom. The fourth-order valence-electron chi connectivity index (χ4n) is 3.66. The number of hydrogen-bond acceptors (Lipinski definition) is 3. The molecule has 0 bridgehead atoms. The van der Waals surface area contributed by atoms with E-state index >= 15 is 0 Å². The minimum Gasteiger partial charge on any atom is -0.489 e. The summed E-state index contributed by atoms with van der Waals surface area (Å²) in [5.74, 6) is -11.4. The van der Waals surface area contributed by atoms with E-state index in [2.05, 4.69) is 11.7 Å². The molecule has 0 unspecified atom stereocenters. The number of rotatable bonds is 7. The predicted octanol–water partition coefficient (Wildman–Crippen LogP) is 6.50. The molecule has 0 saturated heterocycles. The average molecular weight is 498 g/mol. The number of anilines is 1. The normalized spacial score (nSPS) is 14.4. The van der Waals surface area contributed by atoms with Crippen LogP contribution in [0.15, 0.2) is 71.9 Å². The van der Waals surface area contributed by atoms with Gasteiger partial charge in [0.1, 0.15) is 18.0 Å². The molecule has 9 heteroatoms. The zero-order chi connectivity index (χ0) is 26.0. The quantitative estimate of drug-likeness (QED) is 0.123. The zero-order valence-electron chi connectivity index (χ0n) is 19.0. The van der Waals surface area contributed by atoms with E-state index in [9.17, 15) is 26.7 Å². The van der Waals surface area contributed by atoms with Crippen molar-refractivity contribution < 1.29 is 31.5 Å². The molecule has 0 fully saturated rings. The van der Waals surface area contributed by atoms with E-state index in [1.807, 2.05) is 30.3 Å². The van der Waals surface area contributed by atoms with Crippen LogP contribution in [0.1, 0.15) is 23.6 Å². The van der Waals surface area contributed by atoms with Gasteiger partial charge in [0.05, 0.1) is 11.3 Å². The Labute approximate surface area is 203 Å². The van der Waals surface area contributed by atoms with E-state index in [1.54, 1.807) is 24.3 Å². The van der Waals surface area contributed by atoms with Gasteiger partial charge >= 0.3 is 0 Å². The molecule has 184 valence electrons. The first kappa shape index (κ1) is 24.8. The molecule has 4 nitrogen and oxygen atoms in total. The molecule has 0 atom stereocenters. The highest BCUT2D eigenvalue weighted by molar-refractivity contribution is 6.32. The third kappa shape index (κ3) is 4.64. The van der Waals surface area contributed by atoms with Crippen molar-refractivity contribution >= 4 is 23.4 Å². The Kier molecular flexibility index (Phi) is 7.00. The summed E-state index contributed by atoms with van der Waals surface area (Å²) < 4.78 is 75.2. The van der Waals surface area contributed by atoms with Crippen LogP contribution < -0.4 is 9.75 Å². The van der Waals surface area contributed by atoms with Crippen LogP contribution in [0.2, 0.25) is 0 Å². The van der Waals surface area contributed by atoms with Crippen molar-refractivity contribution in [3.05, 3.63) is 113 Å². The minimum absolute atomic E-state index is 0.0404. The van der Waals surface area contributed by atoms with Crippen molar-refractivity contribution in [3.63, 3.8) is 0 Å². The summed E-state index contributed by atoms with van der Waals surface area (Å²) in [7, 11) is 0. The second-order valence-electron chi connectivity index (χ2n) is 7.91. The second-order valence-corrected chi connectivity index (χ2v) is 7.91. The van der Waals surface area contributed by atoms with Crippen molar-refractivity contribution in [3.8, 4) is 5.75 Å². The molecule has 1 heterocycles. The predicted molar refractivity (Wildman–Crippen MR) is 126 cm³/mol. The minimum atomic E-state index is -2.32. The highest BCUT2D eigenvalue weighted by Gasteiger charge is 2.37. The van der Waals surface area contributed by atoms with Crippen molar-refractivity contribution in [2.45, 2.75) is 20.0 Å². The zero-order valence-corrected chi connectivity index (χ0v) is 19.0. The summed E-state index contributed by atoms with van der Waals surface area (Å²) in [6.07, 6.45) is 3.56. The van der Waals surface area contributed by atoms with E-state index < -0.39 is 40.7 Å². The van der Waals surface area contributed by atoms with Gasteiger partial charge in [0.2, 0.25) is 5.82 Å². The van der Waals surface area contributed by atoms with Gasteiger partial charge in [-0.1, -0.05) is 42.5 Å². The summed E-state index contributed by atoms with van der Waals surface area (Å²) in [5, 5.41) is 3.93. The van der Waals surface area contributed by atoms with Crippen LogP contribution in [-0.2, 0) is 17.8 Å². The molecule has 3 aromatic carbocycles. The fourth-order valence-corrected chi connectivity index (χ4v) is 3.66. The van der Waals surface area contributed by atoms with Crippen LogP contribution in [0.25, 0.3) is 6.08 Å². The van der Waals surface area contributed by atoms with E-state index in [-0.39, 0.29) is 16.3 Å². The third-order valence-electron chi connectivity index (χ3n) is 5.46. The van der Waals surface area contributed by atoms with E-state index in [0.717, 1.165) is 11.1 Å². The lowest BCUT2D eigenvalue weighted by atomic mass is 10.0. The van der Waals surface area contributed by atoms with Crippen LogP contribution in [0, 0.1) is 29.1 Å². The summed E-state index contributed by atoms with van der Waals surface area (Å²) in [4.78, 5) is 12.9. The Balaban J connectivity index is 1.64.